The monoisotopic (exact) mass is 377 g/mol. The molecule has 1 atom stereocenters. The largest absolute Gasteiger partial charge is 0.422 e. The molecular weight excluding hydrogens is 362 g/mol. The molecule has 0 radical (unpaired) electrons. The Hall–Kier alpha value is -2.85. The van der Waals surface area contributed by atoms with E-state index in [4.69, 9.17) is 16.0 Å². The highest BCUT2D eigenvalue weighted by atomic mass is 35.5. The summed E-state index contributed by atoms with van der Waals surface area (Å²) in [7, 11) is 0. The molecule has 0 bridgehead atoms. The number of halogens is 1. The van der Waals surface area contributed by atoms with Crippen molar-refractivity contribution in [2.24, 2.45) is 0 Å². The van der Waals surface area contributed by atoms with Crippen LogP contribution in [0.1, 0.15) is 36.3 Å². The molecule has 3 aromatic rings. The molecule has 2 heterocycles. The first-order chi connectivity index (χ1) is 13.1. The number of carbonyl (C=O) groups excluding carboxylic acids is 1. The predicted molar refractivity (Wildman–Crippen MR) is 105 cm³/mol. The van der Waals surface area contributed by atoms with Crippen LogP contribution in [0.15, 0.2) is 69.0 Å². The Morgan fingerprint density at radius 3 is 2.59 bits per heavy atom. The number of hydrogen-bond acceptors (Lipinski definition) is 4. The van der Waals surface area contributed by atoms with Gasteiger partial charge in [0.15, 0.2) is 5.78 Å². The summed E-state index contributed by atoms with van der Waals surface area (Å²) in [5, 5.41) is 4.85. The van der Waals surface area contributed by atoms with Crippen molar-refractivity contribution in [2.75, 3.05) is 5.32 Å². The molecule has 1 unspecified atom stereocenters. The van der Waals surface area contributed by atoms with Gasteiger partial charge in [0.2, 0.25) is 0 Å². The van der Waals surface area contributed by atoms with E-state index >= 15 is 0 Å². The summed E-state index contributed by atoms with van der Waals surface area (Å²) in [6, 6.07) is 14.8. The quantitative estimate of drug-likeness (QED) is 0.605. The third-order valence-corrected chi connectivity index (χ3v) is 5.61. The molecule has 0 spiro atoms. The van der Waals surface area contributed by atoms with Crippen molar-refractivity contribution in [3.8, 4) is 0 Å². The molecule has 134 valence electrons. The number of carbonyl (C=O) groups is 1. The van der Waals surface area contributed by atoms with E-state index in [1.807, 2.05) is 30.3 Å². The Labute approximate surface area is 160 Å². The zero-order valence-corrected chi connectivity index (χ0v) is 15.2. The number of para-hydroxylation sites is 1. The van der Waals surface area contributed by atoms with E-state index in [-0.39, 0.29) is 5.78 Å². The highest BCUT2D eigenvalue weighted by Crippen LogP contribution is 2.46. The van der Waals surface area contributed by atoms with Crippen molar-refractivity contribution in [2.45, 2.75) is 25.2 Å². The van der Waals surface area contributed by atoms with Gasteiger partial charge in [0.05, 0.1) is 11.3 Å². The van der Waals surface area contributed by atoms with Crippen LogP contribution in [-0.2, 0) is 4.79 Å². The number of hydrogen-bond donors (Lipinski definition) is 1. The first-order valence-corrected chi connectivity index (χ1v) is 9.36. The molecule has 2 aliphatic rings. The molecule has 0 saturated carbocycles. The highest BCUT2D eigenvalue weighted by molar-refractivity contribution is 6.30. The van der Waals surface area contributed by atoms with Gasteiger partial charge in [0, 0.05) is 34.0 Å². The van der Waals surface area contributed by atoms with Crippen LogP contribution in [0.5, 0.6) is 0 Å². The van der Waals surface area contributed by atoms with E-state index in [1.165, 1.54) is 0 Å². The van der Waals surface area contributed by atoms with Crippen molar-refractivity contribution in [1.82, 2.24) is 0 Å². The lowest BCUT2D eigenvalue weighted by atomic mass is 9.75. The number of ketones is 1. The summed E-state index contributed by atoms with van der Waals surface area (Å²) in [6.07, 6.45) is 2.10. The molecule has 0 saturated heterocycles. The van der Waals surface area contributed by atoms with E-state index in [2.05, 4.69) is 5.32 Å². The number of anilines is 1. The van der Waals surface area contributed by atoms with Gasteiger partial charge in [-0.05, 0) is 42.7 Å². The Morgan fingerprint density at radius 2 is 1.78 bits per heavy atom. The van der Waals surface area contributed by atoms with Crippen molar-refractivity contribution < 1.29 is 9.21 Å². The first-order valence-electron chi connectivity index (χ1n) is 8.98. The zero-order chi connectivity index (χ0) is 18.5. The van der Waals surface area contributed by atoms with Crippen LogP contribution < -0.4 is 10.9 Å². The van der Waals surface area contributed by atoms with Crippen molar-refractivity contribution >= 4 is 34.0 Å². The normalized spacial score (nSPS) is 18.9. The van der Waals surface area contributed by atoms with Crippen molar-refractivity contribution in [3.05, 3.63) is 86.4 Å². The molecule has 5 rings (SSSR count). The second kappa shape index (κ2) is 6.10. The van der Waals surface area contributed by atoms with E-state index in [1.54, 1.807) is 18.2 Å². The zero-order valence-electron chi connectivity index (χ0n) is 14.4. The molecule has 0 amide bonds. The van der Waals surface area contributed by atoms with Crippen molar-refractivity contribution in [1.29, 1.82) is 0 Å². The van der Waals surface area contributed by atoms with Gasteiger partial charge in [-0.2, -0.15) is 0 Å². The molecular formula is C22H16ClNO3. The maximum atomic E-state index is 12.9. The van der Waals surface area contributed by atoms with Gasteiger partial charge in [0.25, 0.3) is 0 Å². The van der Waals surface area contributed by atoms with Gasteiger partial charge in [-0.25, -0.2) is 4.79 Å². The second-order valence-corrected chi connectivity index (χ2v) is 7.39. The molecule has 2 aromatic carbocycles. The average molecular weight is 378 g/mol. The van der Waals surface area contributed by atoms with Crippen LogP contribution in [0.2, 0.25) is 5.02 Å². The Balaban J connectivity index is 1.85. The molecule has 5 heteroatoms. The van der Waals surface area contributed by atoms with Gasteiger partial charge in [-0.3, -0.25) is 4.79 Å². The fourth-order valence-corrected chi connectivity index (χ4v) is 4.30. The number of benzene rings is 2. The van der Waals surface area contributed by atoms with Gasteiger partial charge >= 0.3 is 5.63 Å². The van der Waals surface area contributed by atoms with Crippen LogP contribution in [0.3, 0.4) is 0 Å². The Morgan fingerprint density at radius 1 is 1.00 bits per heavy atom. The lowest BCUT2D eigenvalue weighted by Gasteiger charge is -2.33. The van der Waals surface area contributed by atoms with Gasteiger partial charge in [-0.1, -0.05) is 35.9 Å². The molecule has 4 nitrogen and oxygen atoms in total. The van der Waals surface area contributed by atoms with Gasteiger partial charge < -0.3 is 9.73 Å². The second-order valence-electron chi connectivity index (χ2n) is 6.95. The number of fused-ring (bicyclic) bond motifs is 3. The third-order valence-electron chi connectivity index (χ3n) is 5.36. The van der Waals surface area contributed by atoms with Crippen LogP contribution >= 0.6 is 11.6 Å². The summed E-state index contributed by atoms with van der Waals surface area (Å²) < 4.78 is 5.59. The minimum absolute atomic E-state index is 0.0851. The first kappa shape index (κ1) is 16.3. The molecule has 0 fully saturated rings. The molecule has 27 heavy (non-hydrogen) atoms. The van der Waals surface area contributed by atoms with Crippen molar-refractivity contribution in [3.63, 3.8) is 0 Å². The standard InChI is InChI=1S/C22H16ClNO3/c23-13-10-8-12(9-11-13)18-19-15(5-3-6-16(19)25)24-21-14-4-1-2-7-17(14)27-22(26)20(18)21/h1-2,4,7-11,18,24H,3,5-6H2. The third kappa shape index (κ3) is 2.52. The van der Waals surface area contributed by atoms with Crippen LogP contribution in [0.25, 0.3) is 11.0 Å². The predicted octanol–water partition coefficient (Wildman–Crippen LogP) is 5.01. The SMILES string of the molecule is O=C1CCCC2=C1C(c1ccc(Cl)cc1)c1c(c3ccccc3oc1=O)N2. The fourth-order valence-electron chi connectivity index (χ4n) is 4.17. The summed E-state index contributed by atoms with van der Waals surface area (Å²) in [5.74, 6) is -0.357. The van der Waals surface area contributed by atoms with Crippen LogP contribution in [0.4, 0.5) is 5.69 Å². The van der Waals surface area contributed by atoms with Crippen LogP contribution in [-0.4, -0.2) is 5.78 Å². The highest BCUT2D eigenvalue weighted by Gasteiger charge is 2.38. The van der Waals surface area contributed by atoms with E-state index in [0.29, 0.717) is 28.2 Å². The molecule has 1 aromatic heterocycles. The van der Waals surface area contributed by atoms with Gasteiger partial charge in [-0.15, -0.1) is 0 Å². The summed E-state index contributed by atoms with van der Waals surface area (Å²) in [5.41, 5.74) is 3.82. The Bertz CT molecular complexity index is 1170. The summed E-state index contributed by atoms with van der Waals surface area (Å²) in [4.78, 5) is 25.8. The Kier molecular flexibility index (Phi) is 3.69. The maximum Gasteiger partial charge on any atom is 0.342 e. The number of Topliss-reactive ketones (excluding diaryl/α,β-unsaturated/α-hetero) is 1. The summed E-state index contributed by atoms with van der Waals surface area (Å²) in [6.45, 7) is 0. The van der Waals surface area contributed by atoms with E-state index in [9.17, 15) is 9.59 Å². The van der Waals surface area contributed by atoms with E-state index < -0.39 is 11.5 Å². The number of nitrogens with one attached hydrogen (secondary N) is 1. The molecule has 1 aliphatic heterocycles. The lowest BCUT2D eigenvalue weighted by molar-refractivity contribution is -0.116. The minimum Gasteiger partial charge on any atom is -0.422 e. The fraction of sp³-hybridized carbons (Fsp3) is 0.182. The molecule has 1 aliphatic carbocycles. The number of rotatable bonds is 1. The average Bonchev–Trinajstić information content (AvgIpc) is 2.68. The van der Waals surface area contributed by atoms with E-state index in [0.717, 1.165) is 35.2 Å². The van der Waals surface area contributed by atoms with Gasteiger partial charge in [0.1, 0.15) is 5.58 Å². The molecule has 1 N–H and O–H groups in total. The minimum atomic E-state index is -0.442. The van der Waals surface area contributed by atoms with Crippen LogP contribution in [0, 0.1) is 0 Å². The maximum absolute atomic E-state index is 12.9. The topological polar surface area (TPSA) is 59.3 Å². The smallest absolute Gasteiger partial charge is 0.342 e. The number of allylic oxidation sites excluding steroid dienone is 2. The lowest BCUT2D eigenvalue weighted by Crippen LogP contribution is -2.30. The summed E-state index contributed by atoms with van der Waals surface area (Å²) >= 11 is 6.05.